The van der Waals surface area contributed by atoms with Crippen molar-refractivity contribution in [3.63, 3.8) is 0 Å². The molecular weight excluding hydrogens is 1010 g/mol. The minimum Gasteiger partial charge on any atom is -0.370 e. The first-order chi connectivity index (χ1) is 35.9. The van der Waals surface area contributed by atoms with Crippen molar-refractivity contribution < 1.29 is 43.2 Å². The van der Waals surface area contributed by atoms with Crippen LogP contribution >= 0.6 is 21.6 Å². The van der Waals surface area contributed by atoms with Gasteiger partial charge in [-0.15, -0.1) is 0 Å². The molecule has 16 N–H and O–H groups in total. The van der Waals surface area contributed by atoms with E-state index in [1.54, 1.807) is 50.4 Å². The Bertz CT molecular complexity index is 2630. The molecule has 4 aromatic rings. The number of fused-ring (bicyclic) bond motifs is 1. The minimum atomic E-state index is -1.41. The Morgan fingerprint density at radius 2 is 1.40 bits per heavy atom. The number of benzene rings is 2. The van der Waals surface area contributed by atoms with Crippen molar-refractivity contribution in [2.45, 2.75) is 108 Å². The van der Waals surface area contributed by atoms with Crippen LogP contribution in [0.2, 0.25) is 0 Å². The van der Waals surface area contributed by atoms with Gasteiger partial charge in [-0.2, -0.15) is 0 Å². The largest absolute Gasteiger partial charge is 0.370 e. The molecule has 1 fully saturated rings. The SMILES string of the molecule is CC(=O)N[C@H](C(=O)N[C@H]1CSSC[C@@H](C(N)=O)NC(=O)CCCNC(=O)[C@H](Cc2c[nH]c3ccccc23)NC(=O)[C@H](CCCN=C(N)N)NC(=O)[C@@H](Cc2ccccc2)NC(=O)[C@H](Cc2cnc[nH]2)NC1=O)C(C)C. The number of guanidine groups is 1. The molecule has 7 atom stereocenters. The lowest BCUT2D eigenvalue weighted by Crippen LogP contribution is -2.61. The van der Waals surface area contributed by atoms with E-state index in [0.717, 1.165) is 32.5 Å². The molecule has 0 bridgehead atoms. The zero-order chi connectivity index (χ0) is 54.4. The Kier molecular flexibility index (Phi) is 22.8. The van der Waals surface area contributed by atoms with E-state index in [0.29, 0.717) is 16.8 Å². The third-order valence-electron chi connectivity index (χ3n) is 11.9. The molecule has 3 heterocycles. The lowest BCUT2D eigenvalue weighted by Gasteiger charge is -2.28. The fourth-order valence-electron chi connectivity index (χ4n) is 7.95. The second kappa shape index (κ2) is 29.3. The highest BCUT2D eigenvalue weighted by molar-refractivity contribution is 8.76. The number of hydrogen-bond donors (Lipinski definition) is 13. The van der Waals surface area contributed by atoms with Crippen molar-refractivity contribution >= 4 is 91.6 Å². The van der Waals surface area contributed by atoms with Crippen molar-refractivity contribution in [2.75, 3.05) is 24.6 Å². The van der Waals surface area contributed by atoms with Crippen LogP contribution in [0.25, 0.3) is 10.9 Å². The molecule has 404 valence electrons. The second-order valence-electron chi connectivity index (χ2n) is 18.2. The van der Waals surface area contributed by atoms with E-state index >= 15 is 0 Å². The molecule has 24 nitrogen and oxygen atoms in total. The van der Waals surface area contributed by atoms with Gasteiger partial charge in [-0.05, 0) is 42.4 Å². The summed E-state index contributed by atoms with van der Waals surface area (Å²) in [5.74, 6) is -7.10. The number of nitrogens with one attached hydrogen (secondary N) is 10. The van der Waals surface area contributed by atoms with Gasteiger partial charge in [-0.3, -0.25) is 48.1 Å². The van der Waals surface area contributed by atoms with Crippen LogP contribution in [0, 0.1) is 5.92 Å². The first-order valence-corrected chi connectivity index (χ1v) is 26.9. The number of hydrogen-bond acceptors (Lipinski definition) is 13. The van der Waals surface area contributed by atoms with E-state index in [1.807, 2.05) is 24.3 Å². The molecule has 75 heavy (non-hydrogen) atoms. The maximum absolute atomic E-state index is 14.7. The van der Waals surface area contributed by atoms with Gasteiger partial charge >= 0.3 is 0 Å². The lowest BCUT2D eigenvalue weighted by atomic mass is 10.0. The van der Waals surface area contributed by atoms with Crippen molar-refractivity contribution in [1.82, 2.24) is 57.5 Å². The van der Waals surface area contributed by atoms with Gasteiger partial charge in [0.25, 0.3) is 0 Å². The van der Waals surface area contributed by atoms with Gasteiger partial charge in [0.1, 0.15) is 42.3 Å². The number of rotatable bonds is 15. The van der Waals surface area contributed by atoms with E-state index in [-0.39, 0.29) is 75.5 Å². The van der Waals surface area contributed by atoms with Gasteiger partial charge in [0.05, 0.1) is 6.33 Å². The van der Waals surface area contributed by atoms with E-state index in [9.17, 15) is 43.2 Å². The van der Waals surface area contributed by atoms with E-state index in [1.165, 1.54) is 19.4 Å². The fraction of sp³-hybridized carbons (Fsp3) is 0.449. The second-order valence-corrected chi connectivity index (χ2v) is 20.7. The molecule has 1 saturated heterocycles. The minimum absolute atomic E-state index is 0.00592. The number of aliphatic imine (C=N–C) groups is 1. The average Bonchev–Trinajstić information content (AvgIpc) is 4.05. The summed E-state index contributed by atoms with van der Waals surface area (Å²) >= 11 is 0. The molecule has 0 radical (unpaired) electrons. The Hall–Kier alpha value is -7.61. The van der Waals surface area contributed by atoms with E-state index in [2.05, 4.69) is 62.5 Å². The van der Waals surface area contributed by atoms with Gasteiger partial charge in [0.2, 0.25) is 53.2 Å². The Morgan fingerprint density at radius 3 is 2.07 bits per heavy atom. The van der Waals surface area contributed by atoms with Crippen LogP contribution in [0.3, 0.4) is 0 Å². The summed E-state index contributed by atoms with van der Waals surface area (Å²) < 4.78 is 0. The topological polar surface area (TPSA) is 385 Å². The van der Waals surface area contributed by atoms with Gasteiger partial charge in [0, 0.05) is 86.2 Å². The highest BCUT2D eigenvalue weighted by atomic mass is 33.1. The summed E-state index contributed by atoms with van der Waals surface area (Å²) in [5.41, 5.74) is 19.4. The summed E-state index contributed by atoms with van der Waals surface area (Å²) in [4.78, 5) is 138. The molecule has 2 aromatic heterocycles. The first-order valence-electron chi connectivity index (χ1n) is 24.4. The molecule has 0 saturated carbocycles. The van der Waals surface area contributed by atoms with Crippen molar-refractivity contribution in [2.24, 2.45) is 28.1 Å². The van der Waals surface area contributed by atoms with Crippen molar-refractivity contribution in [1.29, 1.82) is 0 Å². The molecule has 0 unspecified atom stereocenters. The summed E-state index contributed by atoms with van der Waals surface area (Å²) in [7, 11) is 2.15. The molecular formula is C49H67N15O9S2. The van der Waals surface area contributed by atoms with Crippen LogP contribution in [0.1, 0.15) is 63.3 Å². The van der Waals surface area contributed by atoms with Crippen LogP contribution in [0.5, 0.6) is 0 Å². The number of nitrogens with two attached hydrogens (primary N) is 3. The number of imidazole rings is 1. The first kappa shape index (κ1) is 58.3. The molecule has 9 amide bonds. The predicted molar refractivity (Wildman–Crippen MR) is 285 cm³/mol. The monoisotopic (exact) mass is 1070 g/mol. The average molecular weight is 1070 g/mol. The number of aromatic amines is 2. The third kappa shape index (κ3) is 19.0. The highest BCUT2D eigenvalue weighted by Gasteiger charge is 2.35. The molecule has 0 aliphatic carbocycles. The highest BCUT2D eigenvalue weighted by Crippen LogP contribution is 2.24. The number of para-hydroxylation sites is 1. The Labute approximate surface area is 441 Å². The van der Waals surface area contributed by atoms with Gasteiger partial charge < -0.3 is 69.7 Å². The maximum atomic E-state index is 14.7. The summed E-state index contributed by atoms with van der Waals surface area (Å²) in [6, 6.07) is 7.33. The van der Waals surface area contributed by atoms with Crippen molar-refractivity contribution in [3.05, 3.63) is 90.1 Å². The quantitative estimate of drug-likeness (QED) is 0.0289. The number of carbonyl (C=O) groups is 9. The van der Waals surface area contributed by atoms with Crippen LogP contribution in [-0.2, 0) is 62.4 Å². The zero-order valence-corrected chi connectivity index (χ0v) is 43.6. The normalized spacial score (nSPS) is 21.6. The number of H-pyrrole nitrogens is 2. The summed E-state index contributed by atoms with van der Waals surface area (Å²) in [5, 5.41) is 22.7. The number of primary amides is 1. The van der Waals surface area contributed by atoms with Gasteiger partial charge in [0.15, 0.2) is 5.96 Å². The third-order valence-corrected chi connectivity index (χ3v) is 14.3. The smallest absolute Gasteiger partial charge is 0.244 e. The Morgan fingerprint density at radius 1 is 0.760 bits per heavy atom. The van der Waals surface area contributed by atoms with E-state index in [4.69, 9.17) is 17.2 Å². The van der Waals surface area contributed by atoms with Crippen LogP contribution < -0.4 is 59.7 Å². The maximum Gasteiger partial charge on any atom is 0.244 e. The Balaban J connectivity index is 1.53. The van der Waals surface area contributed by atoms with Crippen LogP contribution in [-0.4, -0.2) is 141 Å². The summed E-state index contributed by atoms with van der Waals surface area (Å²) in [6.07, 6.45) is 4.50. The molecule has 26 heteroatoms. The standard InChI is InChI=1S/C49H67N15O9S2/c1-27(2)41(58-28(3)65)48(73)64-39-25-75-74-24-38(42(50)67)59-40(66)16-10-17-54-43(68)36(20-30-22-56-33-14-8-7-13-32(30)33)62-44(69)34(15-9-18-55-49(51)52)60-45(70)35(19-29-11-5-4-6-12-29)61-46(71)37(63-47(39)72)21-31-23-53-26-57-31/h4-8,11-14,22-23,26-27,34-39,41,56H,9-10,15-21,24-25H2,1-3H3,(H2,50,67)(H,53,57)(H,54,68)(H,58,65)(H,59,66)(H,60,70)(H,61,71)(H,62,69)(H,63,72)(H,64,73)(H4,51,52,55)/t34-,35+,36-,37-,38-,39-,41-/m0/s1. The van der Waals surface area contributed by atoms with E-state index < -0.39 is 101 Å². The number of nitrogens with zero attached hydrogens (tertiary/aromatic N) is 2. The number of aromatic nitrogens is 3. The number of carbonyl (C=O) groups excluding carboxylic acids is 9. The van der Waals surface area contributed by atoms with Gasteiger partial charge in [-0.1, -0.05) is 84.0 Å². The van der Waals surface area contributed by atoms with Crippen LogP contribution in [0.4, 0.5) is 0 Å². The van der Waals surface area contributed by atoms with Gasteiger partial charge in [-0.25, -0.2) is 4.98 Å². The molecule has 1 aliphatic heterocycles. The molecule has 5 rings (SSSR count). The predicted octanol–water partition coefficient (Wildman–Crippen LogP) is -1.18. The van der Waals surface area contributed by atoms with Crippen molar-refractivity contribution in [3.8, 4) is 0 Å². The van der Waals surface area contributed by atoms with Crippen LogP contribution in [0.15, 0.2) is 78.3 Å². The molecule has 1 aliphatic rings. The lowest BCUT2D eigenvalue weighted by molar-refractivity contribution is -0.135. The number of amides is 9. The zero-order valence-electron chi connectivity index (χ0n) is 41.9. The molecule has 0 spiro atoms. The fourth-order valence-corrected chi connectivity index (χ4v) is 10.3. The molecule has 2 aromatic carbocycles. The summed E-state index contributed by atoms with van der Waals surface area (Å²) in [6.45, 7) is 4.74.